The van der Waals surface area contributed by atoms with Gasteiger partial charge in [-0.1, -0.05) is 30.3 Å². The van der Waals surface area contributed by atoms with Gasteiger partial charge in [0.25, 0.3) is 0 Å². The Morgan fingerprint density at radius 1 is 1.24 bits per heavy atom. The maximum absolute atomic E-state index is 3.53. The van der Waals surface area contributed by atoms with Crippen molar-refractivity contribution in [2.45, 2.75) is 25.4 Å². The highest BCUT2D eigenvalue weighted by Crippen LogP contribution is 2.08. The molecule has 1 N–H and O–H groups in total. The fourth-order valence-corrected chi connectivity index (χ4v) is 2.25. The standard InChI is InChI=1S/C13H20N2.2ClH/c1-15(11-13-8-5-9-14-13)10-12-6-3-2-4-7-12;;/h2-4,6-7,13-14H,5,8-11H2,1H3;2*1H. The number of benzene rings is 1. The van der Waals surface area contributed by atoms with Gasteiger partial charge in [-0.15, -0.1) is 24.8 Å². The van der Waals surface area contributed by atoms with E-state index in [4.69, 9.17) is 0 Å². The highest BCUT2D eigenvalue weighted by molar-refractivity contribution is 5.85. The monoisotopic (exact) mass is 276 g/mol. The minimum atomic E-state index is 0. The number of nitrogens with one attached hydrogen (secondary N) is 1. The van der Waals surface area contributed by atoms with E-state index in [0.717, 1.165) is 13.1 Å². The lowest BCUT2D eigenvalue weighted by atomic mass is 10.2. The SMILES string of the molecule is CN(Cc1ccccc1)CC1CCCN1.Cl.Cl. The average molecular weight is 277 g/mol. The lowest BCUT2D eigenvalue weighted by Crippen LogP contribution is -2.34. The number of hydrogen-bond donors (Lipinski definition) is 1. The lowest BCUT2D eigenvalue weighted by Gasteiger charge is -2.21. The fraction of sp³-hybridized carbons (Fsp3) is 0.538. The molecular formula is C13H22Cl2N2. The molecule has 2 nitrogen and oxygen atoms in total. The van der Waals surface area contributed by atoms with Gasteiger partial charge in [-0.05, 0) is 32.0 Å². The molecule has 1 unspecified atom stereocenters. The van der Waals surface area contributed by atoms with Crippen molar-refractivity contribution in [1.82, 2.24) is 10.2 Å². The van der Waals surface area contributed by atoms with E-state index in [1.165, 1.54) is 24.9 Å². The Hall–Kier alpha value is -0.280. The van der Waals surface area contributed by atoms with Gasteiger partial charge in [0.15, 0.2) is 0 Å². The first-order chi connectivity index (χ1) is 7.34. The van der Waals surface area contributed by atoms with E-state index in [9.17, 15) is 0 Å². The van der Waals surface area contributed by atoms with E-state index in [2.05, 4.69) is 47.6 Å². The molecule has 1 fully saturated rings. The van der Waals surface area contributed by atoms with E-state index in [1.807, 2.05) is 0 Å². The average Bonchev–Trinajstić information content (AvgIpc) is 2.71. The number of likely N-dealkylation sites (N-methyl/N-ethyl adjacent to an activating group) is 1. The van der Waals surface area contributed by atoms with Crippen LogP contribution in [-0.2, 0) is 6.54 Å². The summed E-state index contributed by atoms with van der Waals surface area (Å²) >= 11 is 0. The van der Waals surface area contributed by atoms with Crippen molar-refractivity contribution in [3.8, 4) is 0 Å². The summed E-state index contributed by atoms with van der Waals surface area (Å²) in [4.78, 5) is 2.40. The quantitative estimate of drug-likeness (QED) is 0.910. The zero-order chi connectivity index (χ0) is 10.5. The lowest BCUT2D eigenvalue weighted by molar-refractivity contribution is 0.293. The van der Waals surface area contributed by atoms with Crippen LogP contribution in [0.4, 0.5) is 0 Å². The van der Waals surface area contributed by atoms with Gasteiger partial charge in [0, 0.05) is 19.1 Å². The molecular weight excluding hydrogens is 255 g/mol. The molecule has 0 aliphatic carbocycles. The summed E-state index contributed by atoms with van der Waals surface area (Å²) in [6.07, 6.45) is 2.67. The molecule has 0 radical (unpaired) electrons. The molecule has 98 valence electrons. The second-order valence-electron chi connectivity index (χ2n) is 4.48. The van der Waals surface area contributed by atoms with Crippen molar-refractivity contribution in [3.05, 3.63) is 35.9 Å². The third kappa shape index (κ3) is 5.73. The second-order valence-corrected chi connectivity index (χ2v) is 4.48. The second kappa shape index (κ2) is 8.76. The zero-order valence-electron chi connectivity index (χ0n) is 10.3. The summed E-state index contributed by atoms with van der Waals surface area (Å²) in [5.74, 6) is 0. The molecule has 4 heteroatoms. The minimum Gasteiger partial charge on any atom is -0.313 e. The smallest absolute Gasteiger partial charge is 0.0231 e. The van der Waals surface area contributed by atoms with Gasteiger partial charge >= 0.3 is 0 Å². The summed E-state index contributed by atoms with van der Waals surface area (Å²) in [5, 5.41) is 3.53. The van der Waals surface area contributed by atoms with Crippen LogP contribution in [0.15, 0.2) is 30.3 Å². The fourth-order valence-electron chi connectivity index (χ4n) is 2.25. The van der Waals surface area contributed by atoms with Gasteiger partial charge in [0.1, 0.15) is 0 Å². The van der Waals surface area contributed by atoms with Gasteiger partial charge < -0.3 is 10.2 Å². The van der Waals surface area contributed by atoms with Crippen LogP contribution >= 0.6 is 24.8 Å². The summed E-state index contributed by atoms with van der Waals surface area (Å²) in [6, 6.07) is 11.4. The van der Waals surface area contributed by atoms with E-state index < -0.39 is 0 Å². The zero-order valence-corrected chi connectivity index (χ0v) is 11.9. The normalized spacial score (nSPS) is 18.6. The molecule has 0 aromatic heterocycles. The first kappa shape index (κ1) is 16.7. The predicted molar refractivity (Wildman–Crippen MR) is 78.3 cm³/mol. The summed E-state index contributed by atoms with van der Waals surface area (Å²) in [7, 11) is 2.20. The Balaban J connectivity index is 0.00000128. The highest BCUT2D eigenvalue weighted by atomic mass is 35.5. The highest BCUT2D eigenvalue weighted by Gasteiger charge is 2.15. The van der Waals surface area contributed by atoms with Crippen LogP contribution in [0, 0.1) is 0 Å². The van der Waals surface area contributed by atoms with Crippen molar-refractivity contribution < 1.29 is 0 Å². The van der Waals surface area contributed by atoms with E-state index in [0.29, 0.717) is 6.04 Å². The van der Waals surface area contributed by atoms with Crippen LogP contribution in [0.25, 0.3) is 0 Å². The minimum absolute atomic E-state index is 0. The van der Waals surface area contributed by atoms with Gasteiger partial charge in [-0.3, -0.25) is 0 Å². The van der Waals surface area contributed by atoms with Crippen molar-refractivity contribution in [3.63, 3.8) is 0 Å². The van der Waals surface area contributed by atoms with Gasteiger partial charge in [0.2, 0.25) is 0 Å². The number of rotatable bonds is 4. The van der Waals surface area contributed by atoms with Crippen LogP contribution in [0.5, 0.6) is 0 Å². The molecule has 0 spiro atoms. The van der Waals surface area contributed by atoms with E-state index in [1.54, 1.807) is 0 Å². The van der Waals surface area contributed by atoms with Crippen LogP contribution < -0.4 is 5.32 Å². The number of nitrogens with zero attached hydrogens (tertiary/aromatic N) is 1. The van der Waals surface area contributed by atoms with Crippen LogP contribution in [0.3, 0.4) is 0 Å². The molecule has 1 atom stereocenters. The molecule has 1 saturated heterocycles. The molecule has 1 aromatic rings. The summed E-state index contributed by atoms with van der Waals surface area (Å²) < 4.78 is 0. The summed E-state index contributed by atoms with van der Waals surface area (Å²) in [6.45, 7) is 3.41. The van der Waals surface area contributed by atoms with Crippen molar-refractivity contribution in [2.75, 3.05) is 20.1 Å². The van der Waals surface area contributed by atoms with Crippen LogP contribution in [-0.4, -0.2) is 31.1 Å². The predicted octanol–water partition coefficient (Wildman–Crippen LogP) is 2.71. The molecule has 1 aromatic carbocycles. The third-order valence-corrected chi connectivity index (χ3v) is 2.99. The van der Waals surface area contributed by atoms with Gasteiger partial charge in [0.05, 0.1) is 0 Å². The van der Waals surface area contributed by atoms with Gasteiger partial charge in [-0.25, -0.2) is 0 Å². The molecule has 1 aliphatic rings. The first-order valence-corrected chi connectivity index (χ1v) is 5.80. The van der Waals surface area contributed by atoms with Crippen molar-refractivity contribution in [1.29, 1.82) is 0 Å². The number of halogens is 2. The molecule has 2 rings (SSSR count). The maximum Gasteiger partial charge on any atom is 0.0231 e. The molecule has 1 heterocycles. The molecule has 0 saturated carbocycles. The van der Waals surface area contributed by atoms with Crippen LogP contribution in [0.2, 0.25) is 0 Å². The Kier molecular flexibility index (Phi) is 8.61. The van der Waals surface area contributed by atoms with Crippen molar-refractivity contribution >= 4 is 24.8 Å². The van der Waals surface area contributed by atoms with Crippen LogP contribution in [0.1, 0.15) is 18.4 Å². The first-order valence-electron chi connectivity index (χ1n) is 5.80. The molecule has 1 aliphatic heterocycles. The Labute approximate surface area is 117 Å². The Bertz CT molecular complexity index is 287. The number of hydrogen-bond acceptors (Lipinski definition) is 2. The topological polar surface area (TPSA) is 15.3 Å². The summed E-state index contributed by atoms with van der Waals surface area (Å²) in [5.41, 5.74) is 1.40. The largest absolute Gasteiger partial charge is 0.313 e. The van der Waals surface area contributed by atoms with E-state index >= 15 is 0 Å². The maximum atomic E-state index is 3.53. The van der Waals surface area contributed by atoms with Gasteiger partial charge in [-0.2, -0.15) is 0 Å². The Morgan fingerprint density at radius 3 is 2.53 bits per heavy atom. The molecule has 17 heavy (non-hydrogen) atoms. The van der Waals surface area contributed by atoms with Crippen molar-refractivity contribution in [2.24, 2.45) is 0 Å². The molecule has 0 bridgehead atoms. The Morgan fingerprint density at radius 2 is 1.94 bits per heavy atom. The van der Waals surface area contributed by atoms with E-state index in [-0.39, 0.29) is 24.8 Å². The molecule has 0 amide bonds. The third-order valence-electron chi connectivity index (χ3n) is 2.99.